The maximum Gasteiger partial charge on any atom is 0.335 e. The molecule has 1 amide bonds. The Bertz CT molecular complexity index is 759. The van der Waals surface area contributed by atoms with Crippen LogP contribution in [-0.2, 0) is 6.42 Å². The molecule has 0 spiro atoms. The van der Waals surface area contributed by atoms with Crippen molar-refractivity contribution in [3.05, 3.63) is 71.3 Å². The van der Waals surface area contributed by atoms with Crippen molar-refractivity contribution in [2.75, 3.05) is 32.7 Å². The summed E-state index contributed by atoms with van der Waals surface area (Å²) in [5, 5.41) is 8.97. The van der Waals surface area contributed by atoms with Crippen LogP contribution in [0.5, 0.6) is 0 Å². The van der Waals surface area contributed by atoms with Crippen LogP contribution in [0.25, 0.3) is 0 Å². The Hall–Kier alpha value is -2.66. The highest BCUT2D eigenvalue weighted by atomic mass is 16.4. The molecule has 1 aliphatic heterocycles. The molecule has 5 nitrogen and oxygen atoms in total. The summed E-state index contributed by atoms with van der Waals surface area (Å²) in [6, 6.07) is 16.7. The lowest BCUT2D eigenvalue weighted by Crippen LogP contribution is -2.35. The molecule has 0 aromatic heterocycles. The molecule has 1 N–H and O–H groups in total. The normalized spacial score (nSPS) is 15.3. The Morgan fingerprint density at radius 2 is 1.56 bits per heavy atom. The van der Waals surface area contributed by atoms with Crippen LogP contribution in [0, 0.1) is 0 Å². The second-order valence-electron chi connectivity index (χ2n) is 6.96. The maximum atomic E-state index is 12.7. The molecule has 1 saturated heterocycles. The van der Waals surface area contributed by atoms with Gasteiger partial charge in [-0.05, 0) is 62.2 Å². The average Bonchev–Trinajstić information content (AvgIpc) is 2.94. The van der Waals surface area contributed by atoms with Gasteiger partial charge in [-0.15, -0.1) is 0 Å². The quantitative estimate of drug-likeness (QED) is 0.853. The highest BCUT2D eigenvalue weighted by Crippen LogP contribution is 2.12. The molecule has 27 heavy (non-hydrogen) atoms. The molecular formula is C22H26N2O3. The van der Waals surface area contributed by atoms with Gasteiger partial charge in [-0.25, -0.2) is 4.79 Å². The molecule has 3 rings (SSSR count). The van der Waals surface area contributed by atoms with Gasteiger partial charge in [0.2, 0.25) is 0 Å². The van der Waals surface area contributed by atoms with E-state index in [2.05, 4.69) is 29.2 Å². The van der Waals surface area contributed by atoms with Crippen molar-refractivity contribution < 1.29 is 14.7 Å². The molecule has 0 unspecified atom stereocenters. The first-order valence-corrected chi connectivity index (χ1v) is 9.52. The number of benzene rings is 2. The van der Waals surface area contributed by atoms with Gasteiger partial charge in [0, 0.05) is 25.2 Å². The fraction of sp³-hybridized carbons (Fsp3) is 0.364. The van der Waals surface area contributed by atoms with Crippen LogP contribution in [0.4, 0.5) is 0 Å². The van der Waals surface area contributed by atoms with Crippen LogP contribution in [0.1, 0.15) is 39.1 Å². The van der Waals surface area contributed by atoms with Gasteiger partial charge in [-0.3, -0.25) is 4.79 Å². The molecule has 0 bridgehead atoms. The maximum absolute atomic E-state index is 12.7. The lowest BCUT2D eigenvalue weighted by Gasteiger charge is -2.22. The second-order valence-corrected chi connectivity index (χ2v) is 6.96. The first kappa shape index (κ1) is 19.1. The molecule has 1 heterocycles. The van der Waals surface area contributed by atoms with Crippen LogP contribution < -0.4 is 0 Å². The molecule has 2 aromatic carbocycles. The number of carboxylic acid groups (broad SMARTS) is 1. The highest BCUT2D eigenvalue weighted by molar-refractivity contribution is 5.95. The van der Waals surface area contributed by atoms with Gasteiger partial charge in [0.15, 0.2) is 0 Å². The van der Waals surface area contributed by atoms with E-state index in [1.165, 1.54) is 17.7 Å². The molecular weight excluding hydrogens is 340 g/mol. The monoisotopic (exact) mass is 366 g/mol. The first-order valence-electron chi connectivity index (χ1n) is 9.52. The summed E-state index contributed by atoms with van der Waals surface area (Å²) in [5.74, 6) is -0.993. The minimum atomic E-state index is -0.977. The number of carbonyl (C=O) groups excluding carboxylic acids is 1. The molecule has 1 fully saturated rings. The van der Waals surface area contributed by atoms with Crippen molar-refractivity contribution in [2.45, 2.75) is 19.3 Å². The summed E-state index contributed by atoms with van der Waals surface area (Å²) in [4.78, 5) is 28.0. The minimum Gasteiger partial charge on any atom is -0.478 e. The number of nitrogens with zero attached hydrogens (tertiary/aromatic N) is 2. The third-order valence-corrected chi connectivity index (χ3v) is 5.04. The standard InChI is InChI=1S/C22H26N2O3/c25-21(19-9-11-20(12-10-19)22(26)27)24-15-5-14-23(16-17-24)13-4-8-18-6-2-1-3-7-18/h1-3,6-7,9-12H,4-5,8,13-17H2,(H,26,27). The zero-order valence-electron chi connectivity index (χ0n) is 15.5. The van der Waals surface area contributed by atoms with Crippen LogP contribution in [0.2, 0.25) is 0 Å². The number of aromatic carboxylic acids is 1. The number of carboxylic acids is 1. The molecule has 0 atom stereocenters. The van der Waals surface area contributed by atoms with E-state index in [-0.39, 0.29) is 11.5 Å². The van der Waals surface area contributed by atoms with Crippen LogP contribution in [-0.4, -0.2) is 59.5 Å². The average molecular weight is 366 g/mol. The molecule has 1 aliphatic rings. The second kappa shape index (κ2) is 9.33. The zero-order chi connectivity index (χ0) is 19.1. The minimum absolute atomic E-state index is 0.0157. The van der Waals surface area contributed by atoms with Gasteiger partial charge in [0.05, 0.1) is 5.56 Å². The number of rotatable bonds is 6. The highest BCUT2D eigenvalue weighted by Gasteiger charge is 2.20. The first-order chi connectivity index (χ1) is 13.1. The Kier molecular flexibility index (Phi) is 6.60. The largest absolute Gasteiger partial charge is 0.478 e. The van der Waals surface area contributed by atoms with Crippen molar-refractivity contribution in [3.8, 4) is 0 Å². The van der Waals surface area contributed by atoms with E-state index in [1.807, 2.05) is 11.0 Å². The third-order valence-electron chi connectivity index (χ3n) is 5.04. The van der Waals surface area contributed by atoms with E-state index >= 15 is 0 Å². The van der Waals surface area contributed by atoms with Crippen LogP contribution in [0.3, 0.4) is 0 Å². The van der Waals surface area contributed by atoms with Gasteiger partial charge in [-0.1, -0.05) is 30.3 Å². The predicted molar refractivity (Wildman–Crippen MR) is 105 cm³/mol. The van der Waals surface area contributed by atoms with Crippen LogP contribution in [0.15, 0.2) is 54.6 Å². The lowest BCUT2D eigenvalue weighted by molar-refractivity contribution is 0.0694. The fourth-order valence-corrected chi connectivity index (χ4v) is 3.49. The number of carbonyl (C=O) groups is 2. The van der Waals surface area contributed by atoms with E-state index in [0.717, 1.165) is 45.4 Å². The summed E-state index contributed by atoms with van der Waals surface area (Å²) in [7, 11) is 0. The van der Waals surface area contributed by atoms with Crippen molar-refractivity contribution >= 4 is 11.9 Å². The summed E-state index contributed by atoms with van der Waals surface area (Å²) < 4.78 is 0. The van der Waals surface area contributed by atoms with Gasteiger partial charge in [0.1, 0.15) is 0 Å². The van der Waals surface area contributed by atoms with Gasteiger partial charge < -0.3 is 14.9 Å². The van der Waals surface area contributed by atoms with Gasteiger partial charge in [0.25, 0.3) is 5.91 Å². The summed E-state index contributed by atoms with van der Waals surface area (Å²) in [6.45, 7) is 4.40. The molecule has 0 radical (unpaired) electrons. The third kappa shape index (κ3) is 5.41. The van der Waals surface area contributed by atoms with Crippen molar-refractivity contribution in [1.29, 1.82) is 0 Å². The van der Waals surface area contributed by atoms with E-state index < -0.39 is 5.97 Å². The van der Waals surface area contributed by atoms with Crippen molar-refractivity contribution in [3.63, 3.8) is 0 Å². The Morgan fingerprint density at radius 3 is 2.26 bits per heavy atom. The Morgan fingerprint density at radius 1 is 0.852 bits per heavy atom. The Balaban J connectivity index is 1.48. The lowest BCUT2D eigenvalue weighted by atomic mass is 10.1. The van der Waals surface area contributed by atoms with Crippen molar-refractivity contribution in [1.82, 2.24) is 9.80 Å². The Labute approximate surface area is 160 Å². The number of hydrogen-bond acceptors (Lipinski definition) is 3. The smallest absolute Gasteiger partial charge is 0.335 e. The molecule has 5 heteroatoms. The number of aryl methyl sites for hydroxylation is 1. The molecule has 0 aliphatic carbocycles. The molecule has 2 aromatic rings. The van der Waals surface area contributed by atoms with E-state index in [0.29, 0.717) is 12.1 Å². The molecule has 0 saturated carbocycles. The van der Waals surface area contributed by atoms with Crippen LogP contribution >= 0.6 is 0 Å². The number of hydrogen-bond donors (Lipinski definition) is 1. The summed E-state index contributed by atoms with van der Waals surface area (Å²) >= 11 is 0. The fourth-order valence-electron chi connectivity index (χ4n) is 3.49. The summed E-state index contributed by atoms with van der Waals surface area (Å²) in [5.41, 5.74) is 2.12. The number of amides is 1. The SMILES string of the molecule is O=C(O)c1ccc(C(=O)N2CCCN(CCCc3ccccc3)CC2)cc1. The molecule has 142 valence electrons. The van der Waals surface area contributed by atoms with E-state index in [4.69, 9.17) is 5.11 Å². The topological polar surface area (TPSA) is 60.9 Å². The predicted octanol–water partition coefficient (Wildman–Crippen LogP) is 3.17. The van der Waals surface area contributed by atoms with Crippen molar-refractivity contribution in [2.24, 2.45) is 0 Å². The van der Waals surface area contributed by atoms with Gasteiger partial charge >= 0.3 is 5.97 Å². The summed E-state index contributed by atoms with van der Waals surface area (Å²) in [6.07, 6.45) is 3.16. The van der Waals surface area contributed by atoms with Gasteiger partial charge in [-0.2, -0.15) is 0 Å². The van der Waals surface area contributed by atoms with E-state index in [9.17, 15) is 9.59 Å². The zero-order valence-corrected chi connectivity index (χ0v) is 15.5. The van der Waals surface area contributed by atoms with E-state index in [1.54, 1.807) is 12.1 Å².